The quantitative estimate of drug-likeness (QED) is 0.483. The molecule has 140 valence electrons. The van der Waals surface area contributed by atoms with Crippen molar-refractivity contribution in [2.45, 2.75) is 6.92 Å². The molecule has 4 aromatic rings. The van der Waals surface area contributed by atoms with Crippen LogP contribution < -0.4 is 5.56 Å². The Balaban J connectivity index is 1.74. The first-order valence-corrected chi connectivity index (χ1v) is 9.53. The van der Waals surface area contributed by atoms with Crippen LogP contribution in [0.3, 0.4) is 0 Å². The van der Waals surface area contributed by atoms with Crippen molar-refractivity contribution in [2.24, 2.45) is 12.0 Å². The molecule has 0 aliphatic carbocycles. The number of benzene rings is 2. The fourth-order valence-electron chi connectivity index (χ4n) is 3.08. The third kappa shape index (κ3) is 3.25. The van der Waals surface area contributed by atoms with Gasteiger partial charge in [0.2, 0.25) is 0 Å². The first-order valence-electron chi connectivity index (χ1n) is 8.73. The second-order valence-corrected chi connectivity index (χ2v) is 7.29. The zero-order valence-electron chi connectivity index (χ0n) is 15.4. The summed E-state index contributed by atoms with van der Waals surface area (Å²) in [6.07, 6.45) is 3.38. The van der Waals surface area contributed by atoms with Gasteiger partial charge in [0.05, 0.1) is 23.3 Å². The highest BCUT2D eigenvalue weighted by Gasteiger charge is 2.15. The van der Waals surface area contributed by atoms with Crippen molar-refractivity contribution in [2.75, 3.05) is 0 Å². The van der Waals surface area contributed by atoms with E-state index in [0.29, 0.717) is 5.69 Å². The Labute approximate surface area is 170 Å². The summed E-state index contributed by atoms with van der Waals surface area (Å²) in [7, 11) is 1.86. The standard InChI is InChI=1S/C21H18BrN5O/c1-14-19(21(28)27(26(14)2)18-6-4-3-5-7-18)23-12-16-13-24-25-20(16)15-8-10-17(22)11-9-15/h3-13H,1-2H3,(H,24,25). The van der Waals surface area contributed by atoms with E-state index in [9.17, 15) is 4.79 Å². The second kappa shape index (κ2) is 7.44. The van der Waals surface area contributed by atoms with Gasteiger partial charge in [-0.05, 0) is 31.2 Å². The summed E-state index contributed by atoms with van der Waals surface area (Å²) in [5.74, 6) is 0. The molecule has 0 aliphatic rings. The number of para-hydroxylation sites is 1. The zero-order chi connectivity index (χ0) is 19.7. The lowest BCUT2D eigenvalue weighted by Gasteiger charge is -2.07. The third-order valence-electron chi connectivity index (χ3n) is 4.66. The van der Waals surface area contributed by atoms with E-state index in [0.717, 1.165) is 32.7 Å². The average molecular weight is 436 g/mol. The fraction of sp³-hybridized carbons (Fsp3) is 0.0952. The number of rotatable bonds is 4. The van der Waals surface area contributed by atoms with Gasteiger partial charge in [-0.15, -0.1) is 0 Å². The molecular formula is C21H18BrN5O. The van der Waals surface area contributed by atoms with E-state index in [-0.39, 0.29) is 5.56 Å². The van der Waals surface area contributed by atoms with Crippen LogP contribution >= 0.6 is 15.9 Å². The maximum atomic E-state index is 13.0. The van der Waals surface area contributed by atoms with Gasteiger partial charge in [0.25, 0.3) is 5.56 Å². The predicted molar refractivity (Wildman–Crippen MR) is 115 cm³/mol. The molecule has 0 unspecified atom stereocenters. The van der Waals surface area contributed by atoms with Crippen LogP contribution in [0.5, 0.6) is 0 Å². The molecule has 0 aliphatic heterocycles. The summed E-state index contributed by atoms with van der Waals surface area (Å²) >= 11 is 3.44. The zero-order valence-corrected chi connectivity index (χ0v) is 17.0. The summed E-state index contributed by atoms with van der Waals surface area (Å²) in [4.78, 5) is 17.5. The second-order valence-electron chi connectivity index (χ2n) is 6.38. The van der Waals surface area contributed by atoms with Gasteiger partial charge >= 0.3 is 0 Å². The highest BCUT2D eigenvalue weighted by atomic mass is 79.9. The van der Waals surface area contributed by atoms with E-state index in [2.05, 4.69) is 31.1 Å². The van der Waals surface area contributed by atoms with E-state index in [4.69, 9.17) is 0 Å². The molecule has 28 heavy (non-hydrogen) atoms. The van der Waals surface area contributed by atoms with E-state index in [1.54, 1.807) is 17.1 Å². The molecule has 0 spiro atoms. The number of nitrogens with one attached hydrogen (secondary N) is 1. The Morgan fingerprint density at radius 1 is 1.11 bits per heavy atom. The number of hydrogen-bond donors (Lipinski definition) is 1. The van der Waals surface area contributed by atoms with Gasteiger partial charge in [-0.25, -0.2) is 9.67 Å². The average Bonchev–Trinajstić information content (AvgIpc) is 3.25. The van der Waals surface area contributed by atoms with Crippen molar-refractivity contribution >= 4 is 27.8 Å². The van der Waals surface area contributed by atoms with Crippen molar-refractivity contribution in [1.29, 1.82) is 0 Å². The minimum Gasteiger partial charge on any atom is -0.283 e. The van der Waals surface area contributed by atoms with Crippen LogP contribution in [-0.4, -0.2) is 25.8 Å². The summed E-state index contributed by atoms with van der Waals surface area (Å²) in [6, 6.07) is 17.5. The molecule has 0 atom stereocenters. The summed E-state index contributed by atoms with van der Waals surface area (Å²) < 4.78 is 4.44. The lowest BCUT2D eigenvalue weighted by atomic mass is 10.1. The van der Waals surface area contributed by atoms with Crippen LogP contribution in [0.15, 0.2) is 75.1 Å². The summed E-state index contributed by atoms with van der Waals surface area (Å²) in [5, 5.41) is 7.14. The molecule has 0 bridgehead atoms. The van der Waals surface area contributed by atoms with Crippen LogP contribution in [0.25, 0.3) is 16.9 Å². The van der Waals surface area contributed by atoms with Crippen LogP contribution in [0.1, 0.15) is 11.3 Å². The maximum Gasteiger partial charge on any atom is 0.297 e. The largest absolute Gasteiger partial charge is 0.297 e. The monoisotopic (exact) mass is 435 g/mol. The van der Waals surface area contributed by atoms with Gasteiger partial charge < -0.3 is 0 Å². The molecule has 2 aromatic heterocycles. The topological polar surface area (TPSA) is 68.0 Å². The number of nitrogens with zero attached hydrogens (tertiary/aromatic N) is 4. The minimum absolute atomic E-state index is 0.156. The number of H-pyrrole nitrogens is 1. The predicted octanol–water partition coefficient (Wildman–Crippen LogP) is 4.39. The molecule has 0 saturated heterocycles. The molecule has 1 N–H and O–H groups in total. The summed E-state index contributed by atoms with van der Waals surface area (Å²) in [5.41, 5.74) is 4.51. The number of halogens is 1. The number of aliphatic imine (C=N–C) groups is 1. The Kier molecular flexibility index (Phi) is 4.83. The van der Waals surface area contributed by atoms with Crippen LogP contribution in [0.4, 0.5) is 5.69 Å². The van der Waals surface area contributed by atoms with E-state index in [1.165, 1.54) is 0 Å². The van der Waals surface area contributed by atoms with Crippen molar-refractivity contribution in [3.8, 4) is 16.9 Å². The fourth-order valence-corrected chi connectivity index (χ4v) is 3.34. The van der Waals surface area contributed by atoms with Gasteiger partial charge in [-0.2, -0.15) is 5.10 Å². The molecule has 6 nitrogen and oxygen atoms in total. The van der Waals surface area contributed by atoms with Crippen molar-refractivity contribution < 1.29 is 0 Å². The molecule has 2 heterocycles. The van der Waals surface area contributed by atoms with Gasteiger partial charge in [-0.1, -0.05) is 46.3 Å². The number of hydrogen-bond acceptors (Lipinski definition) is 3. The van der Waals surface area contributed by atoms with Gasteiger partial charge in [0.15, 0.2) is 5.69 Å². The SMILES string of the molecule is Cc1c(N=Cc2cn[nH]c2-c2ccc(Br)cc2)c(=O)n(-c2ccccc2)n1C. The Morgan fingerprint density at radius 2 is 1.82 bits per heavy atom. The molecule has 0 amide bonds. The van der Waals surface area contributed by atoms with Gasteiger partial charge in [0, 0.05) is 28.9 Å². The molecule has 4 rings (SSSR count). The molecule has 7 heteroatoms. The van der Waals surface area contributed by atoms with Gasteiger partial charge in [-0.3, -0.25) is 14.6 Å². The Morgan fingerprint density at radius 3 is 2.54 bits per heavy atom. The lowest BCUT2D eigenvalue weighted by Crippen LogP contribution is -2.19. The smallest absolute Gasteiger partial charge is 0.283 e. The minimum atomic E-state index is -0.156. The molecule has 0 fully saturated rings. The highest BCUT2D eigenvalue weighted by molar-refractivity contribution is 9.10. The molecule has 2 aromatic carbocycles. The number of aromatic amines is 1. The normalized spacial score (nSPS) is 11.4. The third-order valence-corrected chi connectivity index (χ3v) is 5.19. The van der Waals surface area contributed by atoms with Crippen LogP contribution in [0, 0.1) is 6.92 Å². The van der Waals surface area contributed by atoms with Crippen molar-refractivity contribution in [1.82, 2.24) is 19.6 Å². The molecule has 0 radical (unpaired) electrons. The van der Waals surface area contributed by atoms with E-state index in [1.807, 2.05) is 73.3 Å². The Hall–Kier alpha value is -3.19. The number of aromatic nitrogens is 4. The first-order chi connectivity index (χ1) is 13.6. The Bertz CT molecular complexity index is 1200. The maximum absolute atomic E-state index is 13.0. The lowest BCUT2D eigenvalue weighted by molar-refractivity contribution is 0.630. The van der Waals surface area contributed by atoms with Crippen molar-refractivity contribution in [3.05, 3.63) is 86.9 Å². The van der Waals surface area contributed by atoms with E-state index < -0.39 is 0 Å². The molecule has 0 saturated carbocycles. The first kappa shape index (κ1) is 18.2. The van der Waals surface area contributed by atoms with E-state index >= 15 is 0 Å². The molecular weight excluding hydrogens is 418 g/mol. The highest BCUT2D eigenvalue weighted by Crippen LogP contribution is 2.23. The van der Waals surface area contributed by atoms with Crippen molar-refractivity contribution in [3.63, 3.8) is 0 Å². The van der Waals surface area contributed by atoms with Crippen LogP contribution in [-0.2, 0) is 7.05 Å². The summed E-state index contributed by atoms with van der Waals surface area (Å²) in [6.45, 7) is 1.89. The van der Waals surface area contributed by atoms with Crippen LogP contribution in [0.2, 0.25) is 0 Å². The van der Waals surface area contributed by atoms with Gasteiger partial charge in [0.1, 0.15) is 0 Å².